The molecule has 2 aliphatic heterocycles. The van der Waals surface area contributed by atoms with Crippen LogP contribution in [0.2, 0.25) is 0 Å². The third kappa shape index (κ3) is 8.85. The summed E-state index contributed by atoms with van der Waals surface area (Å²) in [6.45, 7) is 6.31. The number of Topliss-reactive ketones (excluding diaryl/α,β-unsaturated/α-hetero) is 1. The highest BCUT2D eigenvalue weighted by atomic mass is 32.2. The van der Waals surface area contributed by atoms with Crippen molar-refractivity contribution in [1.29, 1.82) is 0 Å². The highest BCUT2D eigenvalue weighted by Gasteiger charge is 2.63. The molecule has 4 aliphatic rings. The van der Waals surface area contributed by atoms with Crippen LogP contribution in [0, 0.1) is 17.3 Å². The van der Waals surface area contributed by atoms with E-state index in [-0.39, 0.29) is 31.7 Å². The number of hydrogen-bond acceptors (Lipinski definition) is 11. The summed E-state index contributed by atoms with van der Waals surface area (Å²) in [6.07, 6.45) is -1.08. The highest BCUT2D eigenvalue weighted by molar-refractivity contribution is 7.91. The molecule has 0 bridgehead atoms. The SMILES string of the molecule is CC[C@@H]1O[C@H](C)CC/C=C\[C@@H]2C[C@@]2(C(=O)NS(=O)(=O)C2(C)CC2)CC(=O)[C@@H]2C[C@@H](Oc3nccc4cc(OC)ccc34)CN2C(=O)[C@H]1CC(=O)OC(C)(C)C(F)(F)F. The van der Waals surface area contributed by atoms with Gasteiger partial charge in [0.2, 0.25) is 33.3 Å². The number of amides is 2. The molecule has 6 rings (SSSR count). The molecule has 3 heterocycles. The van der Waals surface area contributed by atoms with Crippen LogP contribution in [0.5, 0.6) is 11.6 Å². The standard InChI is InChI=1S/C41H52F3N3O10S/c1-7-33-30(20-34(49)57-38(3,4)41(42,43)44)36(50)47-23-28(56-35-29-13-12-27(54-6)18-25(29)14-17-45-35)19-31(47)32(48)22-40(21-26(40)11-9-8-10-24(2)55-33)37(51)46-58(52,53)39(5)15-16-39/h9,11-14,17-18,24,26,28,30-31,33H,7-8,10,15-16,19-23H2,1-6H3,(H,46,51)/b11-9-/t24-,26-,28-,30+,31+,33+,40-/m1/s1. The van der Waals surface area contributed by atoms with Gasteiger partial charge in [0, 0.05) is 24.4 Å². The number of rotatable bonds is 10. The third-order valence-electron chi connectivity index (χ3n) is 12.2. The van der Waals surface area contributed by atoms with Gasteiger partial charge in [-0.15, -0.1) is 0 Å². The number of esters is 1. The van der Waals surface area contributed by atoms with Crippen LogP contribution in [0.1, 0.15) is 92.4 Å². The summed E-state index contributed by atoms with van der Waals surface area (Å²) in [5.74, 6) is -4.34. The topological polar surface area (TPSA) is 167 Å². The molecule has 58 heavy (non-hydrogen) atoms. The van der Waals surface area contributed by atoms with Crippen LogP contribution in [0.25, 0.3) is 10.8 Å². The number of carbonyl (C=O) groups is 4. The molecule has 7 atom stereocenters. The van der Waals surface area contributed by atoms with E-state index in [1.165, 1.54) is 18.2 Å². The smallest absolute Gasteiger partial charge is 0.427 e. The summed E-state index contributed by atoms with van der Waals surface area (Å²) in [6, 6.07) is 5.83. The molecule has 1 aromatic carbocycles. The maximum Gasteiger partial charge on any atom is 0.427 e. The van der Waals surface area contributed by atoms with E-state index in [1.807, 2.05) is 12.2 Å². The van der Waals surface area contributed by atoms with E-state index in [0.717, 1.165) is 5.39 Å². The minimum atomic E-state index is -4.90. The number of fused-ring (bicyclic) bond motifs is 3. The van der Waals surface area contributed by atoms with Gasteiger partial charge in [-0.05, 0) is 102 Å². The van der Waals surface area contributed by atoms with Gasteiger partial charge in [0.15, 0.2) is 5.78 Å². The minimum Gasteiger partial charge on any atom is -0.497 e. The van der Waals surface area contributed by atoms with Crippen LogP contribution in [-0.4, -0.2) is 96.4 Å². The van der Waals surface area contributed by atoms with E-state index < -0.39 is 105 Å². The molecule has 0 radical (unpaired) electrons. The van der Waals surface area contributed by atoms with Crippen molar-refractivity contribution < 1.29 is 59.7 Å². The molecule has 1 saturated heterocycles. The molecule has 318 valence electrons. The summed E-state index contributed by atoms with van der Waals surface area (Å²) in [4.78, 5) is 62.5. The number of methoxy groups -OCH3 is 1. The Labute approximate surface area is 336 Å². The van der Waals surface area contributed by atoms with Gasteiger partial charge in [-0.25, -0.2) is 13.4 Å². The first-order valence-electron chi connectivity index (χ1n) is 19.7. The third-order valence-corrected chi connectivity index (χ3v) is 14.3. The normalized spacial score (nSPS) is 29.6. The fourth-order valence-corrected chi connectivity index (χ4v) is 9.21. The van der Waals surface area contributed by atoms with Crippen LogP contribution < -0.4 is 14.2 Å². The van der Waals surface area contributed by atoms with Gasteiger partial charge in [0.25, 0.3) is 0 Å². The molecule has 3 fully saturated rings. The number of aromatic nitrogens is 1. The Morgan fingerprint density at radius 1 is 1.14 bits per heavy atom. The van der Waals surface area contributed by atoms with E-state index in [4.69, 9.17) is 18.9 Å². The van der Waals surface area contributed by atoms with E-state index in [1.54, 1.807) is 45.0 Å². The Bertz CT molecular complexity index is 2070. The van der Waals surface area contributed by atoms with Gasteiger partial charge in [0.05, 0.1) is 54.4 Å². The fourth-order valence-electron chi connectivity index (χ4n) is 7.88. The summed E-state index contributed by atoms with van der Waals surface area (Å²) in [7, 11) is -2.51. The van der Waals surface area contributed by atoms with Crippen LogP contribution in [0.4, 0.5) is 13.2 Å². The number of pyridine rings is 1. The molecule has 0 spiro atoms. The number of nitrogens with one attached hydrogen (secondary N) is 1. The predicted octanol–water partition coefficient (Wildman–Crippen LogP) is 5.98. The average Bonchev–Trinajstić information content (AvgIpc) is 4.03. The number of sulfonamides is 1. The van der Waals surface area contributed by atoms with Crippen LogP contribution in [0.15, 0.2) is 42.6 Å². The van der Waals surface area contributed by atoms with E-state index >= 15 is 0 Å². The molecule has 17 heteroatoms. The number of benzene rings is 1. The fraction of sp³-hybridized carbons (Fsp3) is 0.634. The maximum atomic E-state index is 14.9. The van der Waals surface area contributed by atoms with E-state index in [9.17, 15) is 40.8 Å². The summed E-state index contributed by atoms with van der Waals surface area (Å²) < 4.78 is 92.0. The maximum absolute atomic E-state index is 14.9. The molecule has 13 nitrogen and oxygen atoms in total. The van der Waals surface area contributed by atoms with E-state index in [2.05, 4.69) is 9.71 Å². The second kappa shape index (κ2) is 16.1. The van der Waals surface area contributed by atoms with Crippen LogP contribution in [0.3, 0.4) is 0 Å². The van der Waals surface area contributed by atoms with Crippen LogP contribution in [-0.2, 0) is 38.7 Å². The Kier molecular flexibility index (Phi) is 12.0. The first-order valence-corrected chi connectivity index (χ1v) is 21.2. The van der Waals surface area contributed by atoms with Gasteiger partial charge in [-0.2, -0.15) is 13.2 Å². The number of alkyl halides is 3. The Morgan fingerprint density at radius 2 is 1.86 bits per heavy atom. The average molecular weight is 836 g/mol. The number of hydrogen-bond donors (Lipinski definition) is 1. The summed E-state index contributed by atoms with van der Waals surface area (Å²) in [5, 5.41) is 1.37. The Morgan fingerprint density at radius 3 is 2.52 bits per heavy atom. The largest absolute Gasteiger partial charge is 0.497 e. The monoisotopic (exact) mass is 835 g/mol. The molecule has 0 unspecified atom stereocenters. The van der Waals surface area contributed by atoms with Crippen molar-refractivity contribution in [1.82, 2.24) is 14.6 Å². The van der Waals surface area contributed by atoms with Crippen molar-refractivity contribution >= 4 is 44.4 Å². The van der Waals surface area contributed by atoms with Crippen molar-refractivity contribution in [2.24, 2.45) is 17.3 Å². The predicted molar refractivity (Wildman–Crippen MR) is 205 cm³/mol. The zero-order valence-corrected chi connectivity index (χ0v) is 34.4. The lowest BCUT2D eigenvalue weighted by atomic mass is 9.90. The molecule has 2 aliphatic carbocycles. The lowest BCUT2D eigenvalue weighted by molar-refractivity contribution is -0.258. The second-order valence-corrected chi connectivity index (χ2v) is 19.1. The lowest BCUT2D eigenvalue weighted by Gasteiger charge is -2.34. The highest BCUT2D eigenvalue weighted by Crippen LogP contribution is 2.57. The zero-order valence-electron chi connectivity index (χ0n) is 33.6. The minimum absolute atomic E-state index is 0.0559. The molecule has 2 aromatic rings. The number of ether oxygens (including phenoxy) is 4. The van der Waals surface area contributed by atoms with Crippen molar-refractivity contribution in [3.63, 3.8) is 0 Å². The summed E-state index contributed by atoms with van der Waals surface area (Å²) in [5.41, 5.74) is -4.26. The lowest BCUT2D eigenvalue weighted by Crippen LogP contribution is -2.50. The number of halogens is 3. The second-order valence-electron chi connectivity index (χ2n) is 16.9. The van der Waals surface area contributed by atoms with Gasteiger partial charge in [-0.1, -0.05) is 19.1 Å². The van der Waals surface area contributed by atoms with Crippen molar-refractivity contribution in [2.75, 3.05) is 13.7 Å². The Hall–Kier alpha value is -4.25. The number of carbonyl (C=O) groups excluding carboxylic acids is 4. The molecular weight excluding hydrogens is 784 g/mol. The summed E-state index contributed by atoms with van der Waals surface area (Å²) >= 11 is 0. The van der Waals surface area contributed by atoms with Gasteiger partial charge in [-0.3, -0.25) is 23.9 Å². The number of ketones is 1. The Balaban J connectivity index is 1.37. The molecule has 1 N–H and O–H groups in total. The molecule has 1 aromatic heterocycles. The zero-order chi connectivity index (χ0) is 42.4. The first kappa shape index (κ1) is 43.3. The molecular formula is C41H52F3N3O10S. The van der Waals surface area contributed by atoms with E-state index in [0.29, 0.717) is 50.7 Å². The van der Waals surface area contributed by atoms with Gasteiger partial charge in [0.1, 0.15) is 11.9 Å². The van der Waals surface area contributed by atoms with Gasteiger partial charge >= 0.3 is 12.1 Å². The number of allylic oxidation sites excluding steroid dienone is 2. The van der Waals surface area contributed by atoms with Crippen molar-refractivity contribution in [3.8, 4) is 11.6 Å². The first-order chi connectivity index (χ1) is 27.1. The van der Waals surface area contributed by atoms with Crippen molar-refractivity contribution in [2.45, 2.75) is 133 Å². The molecule has 2 amide bonds. The number of nitrogens with zero attached hydrogens (tertiary/aromatic N) is 2. The molecule has 2 saturated carbocycles. The van der Waals surface area contributed by atoms with Crippen LogP contribution >= 0.6 is 0 Å². The van der Waals surface area contributed by atoms with Gasteiger partial charge < -0.3 is 23.8 Å². The van der Waals surface area contributed by atoms with Crippen molar-refractivity contribution in [3.05, 3.63) is 42.6 Å². The quantitative estimate of drug-likeness (QED) is 0.221.